The second-order valence-corrected chi connectivity index (χ2v) is 4.81. The Morgan fingerprint density at radius 1 is 1.17 bits per heavy atom. The molecular weight excluding hydrogens is 245 g/mol. The molecule has 0 saturated carbocycles. The molecule has 0 fully saturated rings. The highest BCUT2D eigenvalue weighted by molar-refractivity contribution is 5.77. The quantitative estimate of drug-likeness (QED) is 0.664. The first-order valence-electron chi connectivity index (χ1n) is 6.30. The molecule has 0 saturated heterocycles. The van der Waals surface area contributed by atoms with E-state index in [0.717, 1.165) is 0 Å². The number of nitrogens with one attached hydrogen (secondary N) is 2. The van der Waals surface area contributed by atoms with Crippen LogP contribution in [0.5, 0.6) is 0 Å². The zero-order valence-electron chi connectivity index (χ0n) is 11.2. The average molecular weight is 268 g/mol. The average Bonchev–Trinajstić information content (AvgIpc) is 2.22. The lowest BCUT2D eigenvalue weighted by Gasteiger charge is -2.15. The number of amides is 1. The Labute approximate surface area is 107 Å². The van der Waals surface area contributed by atoms with Crippen LogP contribution in [0.15, 0.2) is 0 Å². The third-order valence-corrected chi connectivity index (χ3v) is 2.54. The molecule has 1 unspecified atom stereocenters. The molecule has 0 spiro atoms. The summed E-state index contributed by atoms with van der Waals surface area (Å²) in [6.45, 7) is 6.54. The van der Waals surface area contributed by atoms with Crippen molar-refractivity contribution < 1.29 is 18.0 Å². The topological polar surface area (TPSA) is 41.1 Å². The molecule has 2 N–H and O–H groups in total. The summed E-state index contributed by atoms with van der Waals surface area (Å²) >= 11 is 0. The lowest BCUT2D eigenvalue weighted by Crippen LogP contribution is -2.37. The van der Waals surface area contributed by atoms with Gasteiger partial charge < -0.3 is 10.6 Å². The van der Waals surface area contributed by atoms with Crippen molar-refractivity contribution in [1.82, 2.24) is 10.6 Å². The number of hydrogen-bond donors (Lipinski definition) is 2. The molecule has 18 heavy (non-hydrogen) atoms. The molecule has 0 heterocycles. The minimum Gasteiger partial charge on any atom is -0.355 e. The second kappa shape index (κ2) is 8.34. The lowest BCUT2D eigenvalue weighted by molar-refractivity contribution is -0.135. The third-order valence-electron chi connectivity index (χ3n) is 2.54. The number of rotatable bonds is 8. The minimum absolute atomic E-state index is 0.0125. The Kier molecular flexibility index (Phi) is 7.98. The van der Waals surface area contributed by atoms with Gasteiger partial charge in [-0.25, -0.2) is 0 Å². The van der Waals surface area contributed by atoms with Gasteiger partial charge in [0.15, 0.2) is 0 Å². The van der Waals surface area contributed by atoms with Gasteiger partial charge in [-0.1, -0.05) is 13.8 Å². The highest BCUT2D eigenvalue weighted by atomic mass is 19.4. The summed E-state index contributed by atoms with van der Waals surface area (Å²) in [4.78, 5) is 11.2. The fourth-order valence-corrected chi connectivity index (χ4v) is 1.42. The molecule has 0 aliphatic heterocycles. The molecule has 1 atom stereocenters. The molecule has 0 aliphatic carbocycles. The molecule has 0 rings (SSSR count). The fraction of sp³-hybridized carbons (Fsp3) is 0.917. The lowest BCUT2D eigenvalue weighted by atomic mass is 10.1. The van der Waals surface area contributed by atoms with Crippen molar-refractivity contribution in [3.05, 3.63) is 0 Å². The van der Waals surface area contributed by atoms with Crippen LogP contribution >= 0.6 is 0 Å². The fourth-order valence-electron chi connectivity index (χ4n) is 1.42. The van der Waals surface area contributed by atoms with Crippen molar-refractivity contribution in [2.75, 3.05) is 13.1 Å². The van der Waals surface area contributed by atoms with Gasteiger partial charge >= 0.3 is 6.18 Å². The summed E-state index contributed by atoms with van der Waals surface area (Å²) in [7, 11) is 0. The molecule has 0 aromatic rings. The van der Waals surface area contributed by atoms with Crippen LogP contribution in [-0.2, 0) is 4.79 Å². The summed E-state index contributed by atoms with van der Waals surface area (Å²) in [5.41, 5.74) is 0. The number of carbonyl (C=O) groups excluding carboxylic acids is 1. The first-order valence-corrected chi connectivity index (χ1v) is 6.30. The van der Waals surface area contributed by atoms with Gasteiger partial charge in [-0.2, -0.15) is 13.2 Å². The molecule has 1 amide bonds. The zero-order chi connectivity index (χ0) is 14.2. The molecule has 0 bridgehead atoms. The van der Waals surface area contributed by atoms with Crippen LogP contribution in [0.25, 0.3) is 0 Å². The molecule has 0 aromatic carbocycles. The number of carbonyl (C=O) groups is 1. The van der Waals surface area contributed by atoms with E-state index in [1.807, 2.05) is 20.8 Å². The van der Waals surface area contributed by atoms with Crippen molar-refractivity contribution in [1.29, 1.82) is 0 Å². The van der Waals surface area contributed by atoms with Crippen molar-refractivity contribution in [3.8, 4) is 0 Å². The molecule has 0 radical (unpaired) electrons. The number of hydrogen-bond acceptors (Lipinski definition) is 2. The highest BCUT2D eigenvalue weighted by Gasteiger charge is 2.26. The molecule has 108 valence electrons. The largest absolute Gasteiger partial charge is 0.389 e. The van der Waals surface area contributed by atoms with Gasteiger partial charge in [0.2, 0.25) is 5.91 Å². The third kappa shape index (κ3) is 10.4. The smallest absolute Gasteiger partial charge is 0.355 e. The Hall–Kier alpha value is -0.780. The molecule has 0 aromatic heterocycles. The Morgan fingerprint density at radius 2 is 1.78 bits per heavy atom. The van der Waals surface area contributed by atoms with E-state index in [1.54, 1.807) is 0 Å². The summed E-state index contributed by atoms with van der Waals surface area (Å²) in [5, 5.41) is 5.82. The van der Waals surface area contributed by atoms with Gasteiger partial charge in [0.25, 0.3) is 0 Å². The van der Waals surface area contributed by atoms with Crippen LogP contribution in [0.1, 0.15) is 40.0 Å². The number of alkyl halides is 3. The first kappa shape index (κ1) is 17.2. The van der Waals surface area contributed by atoms with Crippen LogP contribution in [0.2, 0.25) is 0 Å². The number of halogens is 3. The van der Waals surface area contributed by atoms with Crippen LogP contribution in [0, 0.1) is 5.92 Å². The van der Waals surface area contributed by atoms with E-state index in [9.17, 15) is 18.0 Å². The standard InChI is InChI=1S/C12H23F3N2O/c1-9(2)11(18)17-8-7-16-10(3)5-4-6-12(13,14)15/h9-10,16H,4-8H2,1-3H3,(H,17,18). The van der Waals surface area contributed by atoms with E-state index >= 15 is 0 Å². The van der Waals surface area contributed by atoms with Crippen molar-refractivity contribution in [3.63, 3.8) is 0 Å². The van der Waals surface area contributed by atoms with E-state index in [-0.39, 0.29) is 24.3 Å². The van der Waals surface area contributed by atoms with Crippen molar-refractivity contribution in [2.24, 2.45) is 5.92 Å². The van der Waals surface area contributed by atoms with E-state index in [4.69, 9.17) is 0 Å². The Balaban J connectivity index is 3.48. The van der Waals surface area contributed by atoms with Gasteiger partial charge in [0, 0.05) is 31.5 Å². The van der Waals surface area contributed by atoms with Gasteiger partial charge in [-0.3, -0.25) is 4.79 Å². The predicted molar refractivity (Wildman–Crippen MR) is 65.2 cm³/mol. The van der Waals surface area contributed by atoms with Crippen LogP contribution < -0.4 is 10.6 Å². The maximum atomic E-state index is 11.9. The van der Waals surface area contributed by atoms with Gasteiger partial charge in [0.1, 0.15) is 0 Å². The zero-order valence-corrected chi connectivity index (χ0v) is 11.2. The summed E-state index contributed by atoms with van der Waals surface area (Å²) in [6.07, 6.45) is -4.18. The first-order chi connectivity index (χ1) is 8.22. The van der Waals surface area contributed by atoms with Gasteiger partial charge in [0.05, 0.1) is 0 Å². The molecule has 6 heteroatoms. The maximum Gasteiger partial charge on any atom is 0.389 e. The van der Waals surface area contributed by atoms with Crippen molar-refractivity contribution in [2.45, 2.75) is 52.3 Å². The molecular formula is C12H23F3N2O. The summed E-state index contributed by atoms with van der Waals surface area (Å²) in [6, 6.07) is 0.0308. The van der Waals surface area contributed by atoms with Gasteiger partial charge in [-0.15, -0.1) is 0 Å². The molecule has 3 nitrogen and oxygen atoms in total. The maximum absolute atomic E-state index is 11.9. The second-order valence-electron chi connectivity index (χ2n) is 4.81. The Morgan fingerprint density at radius 3 is 2.28 bits per heavy atom. The van der Waals surface area contributed by atoms with Crippen LogP contribution in [-0.4, -0.2) is 31.2 Å². The van der Waals surface area contributed by atoms with Gasteiger partial charge in [-0.05, 0) is 19.8 Å². The van der Waals surface area contributed by atoms with Crippen LogP contribution in [0.3, 0.4) is 0 Å². The predicted octanol–water partition coefficient (Wildman–Crippen LogP) is 2.47. The Bertz CT molecular complexity index is 242. The summed E-state index contributed by atoms with van der Waals surface area (Å²) < 4.78 is 35.7. The van der Waals surface area contributed by atoms with Crippen LogP contribution in [0.4, 0.5) is 13.2 Å². The summed E-state index contributed by atoms with van der Waals surface area (Å²) in [5.74, 6) is -0.0595. The molecule has 0 aliphatic rings. The van der Waals surface area contributed by atoms with E-state index < -0.39 is 12.6 Å². The van der Waals surface area contributed by atoms with E-state index in [2.05, 4.69) is 10.6 Å². The minimum atomic E-state index is -4.06. The highest BCUT2D eigenvalue weighted by Crippen LogP contribution is 2.22. The SMILES string of the molecule is CC(CCCC(F)(F)F)NCCNC(=O)C(C)C. The normalized spacial score (nSPS) is 13.7. The van der Waals surface area contributed by atoms with E-state index in [0.29, 0.717) is 19.5 Å². The van der Waals surface area contributed by atoms with E-state index in [1.165, 1.54) is 0 Å². The van der Waals surface area contributed by atoms with Crippen molar-refractivity contribution >= 4 is 5.91 Å². The monoisotopic (exact) mass is 268 g/mol.